The highest BCUT2D eigenvalue weighted by Gasteiger charge is 2.31. The minimum absolute atomic E-state index is 0.00743. The van der Waals surface area contributed by atoms with Crippen molar-refractivity contribution >= 4 is 13.7 Å². The maximum Gasteiger partial charge on any atom is 0.472 e. The molecule has 73 heavy (non-hydrogen) atoms. The van der Waals surface area contributed by atoms with Crippen molar-refractivity contribution in [2.75, 3.05) is 40.9 Å². The lowest BCUT2D eigenvalue weighted by molar-refractivity contribution is -0.870. The fourth-order valence-corrected chi connectivity index (χ4v) is 8.55. The van der Waals surface area contributed by atoms with Gasteiger partial charge in [-0.2, -0.15) is 0 Å². The number of nitrogens with one attached hydrogen (secondary N) is 1. The number of aliphatic hydroxyl groups excluding tert-OH is 2. The van der Waals surface area contributed by atoms with E-state index in [1.807, 2.05) is 28.1 Å². The van der Waals surface area contributed by atoms with Crippen LogP contribution >= 0.6 is 7.82 Å². The Kier molecular flexibility index (Phi) is 50.1. The Morgan fingerprint density at radius 1 is 0.507 bits per heavy atom. The number of quaternary nitrogens is 1. The number of unbranched alkanes of at least 4 members (excludes halogenated alkanes) is 18. The number of carbonyl (C=O) groups excluding carboxylic acids is 1. The average molecular weight is 1040 g/mol. The lowest BCUT2D eigenvalue weighted by Gasteiger charge is -2.28. The molecular formula is C63H110N2O7P+. The van der Waals surface area contributed by atoms with Crippen molar-refractivity contribution in [1.82, 2.24) is 5.32 Å². The molecule has 4 N–H and O–H groups in total. The van der Waals surface area contributed by atoms with Crippen LogP contribution in [0.15, 0.2) is 122 Å². The van der Waals surface area contributed by atoms with Crippen molar-refractivity contribution in [2.24, 2.45) is 0 Å². The summed E-state index contributed by atoms with van der Waals surface area (Å²) >= 11 is 0. The zero-order valence-electron chi connectivity index (χ0n) is 47.2. The van der Waals surface area contributed by atoms with Gasteiger partial charge in [-0.05, 0) is 116 Å². The fraction of sp³-hybridized carbons (Fsp3) is 0.667. The molecule has 1 amide bonds. The van der Waals surface area contributed by atoms with E-state index >= 15 is 0 Å². The summed E-state index contributed by atoms with van der Waals surface area (Å²) in [5, 5.41) is 24.7. The number of hydrogen-bond acceptors (Lipinski definition) is 6. The third kappa shape index (κ3) is 53.5. The number of allylic oxidation sites excluding steroid dienone is 20. The highest BCUT2D eigenvalue weighted by atomic mass is 31.2. The van der Waals surface area contributed by atoms with Gasteiger partial charge < -0.3 is 24.9 Å². The van der Waals surface area contributed by atoms with Crippen LogP contribution in [0.2, 0.25) is 0 Å². The van der Waals surface area contributed by atoms with Crippen LogP contribution in [0.5, 0.6) is 0 Å². The molecule has 10 heteroatoms. The Hall–Kier alpha value is -3.14. The minimum Gasteiger partial charge on any atom is -0.390 e. The Labute approximate surface area is 448 Å². The molecule has 0 saturated carbocycles. The van der Waals surface area contributed by atoms with Crippen LogP contribution in [-0.4, -0.2) is 84.6 Å². The van der Waals surface area contributed by atoms with Crippen molar-refractivity contribution in [3.63, 3.8) is 0 Å². The lowest BCUT2D eigenvalue weighted by Crippen LogP contribution is -2.51. The van der Waals surface area contributed by atoms with Crippen LogP contribution in [0.25, 0.3) is 0 Å². The summed E-state index contributed by atoms with van der Waals surface area (Å²) in [5.74, 6) is -0.280. The maximum absolute atomic E-state index is 13.0. The molecule has 0 saturated heterocycles. The first-order valence-corrected chi connectivity index (χ1v) is 30.4. The van der Waals surface area contributed by atoms with Crippen molar-refractivity contribution in [3.05, 3.63) is 122 Å². The van der Waals surface area contributed by atoms with E-state index in [2.05, 4.69) is 134 Å². The van der Waals surface area contributed by atoms with Gasteiger partial charge in [0.2, 0.25) is 5.91 Å². The molecule has 0 radical (unpaired) electrons. The van der Waals surface area contributed by atoms with Gasteiger partial charge in [0.1, 0.15) is 19.3 Å². The van der Waals surface area contributed by atoms with Gasteiger partial charge in [0, 0.05) is 6.42 Å². The monoisotopic (exact) mass is 1040 g/mol. The number of carbonyl (C=O) groups is 1. The third-order valence-corrected chi connectivity index (χ3v) is 13.3. The summed E-state index contributed by atoms with van der Waals surface area (Å²) in [5.41, 5.74) is 0. The Balaban J connectivity index is 4.11. The second-order valence-corrected chi connectivity index (χ2v) is 21.9. The van der Waals surface area contributed by atoms with E-state index in [4.69, 9.17) is 9.05 Å². The second kappa shape index (κ2) is 52.3. The van der Waals surface area contributed by atoms with E-state index in [0.717, 1.165) is 96.3 Å². The van der Waals surface area contributed by atoms with E-state index in [-0.39, 0.29) is 18.9 Å². The predicted octanol–water partition coefficient (Wildman–Crippen LogP) is 16.7. The molecule has 0 aromatic carbocycles. The Morgan fingerprint density at radius 3 is 1.32 bits per heavy atom. The van der Waals surface area contributed by atoms with E-state index < -0.39 is 32.7 Å². The number of likely N-dealkylation sites (N-methyl/N-ethyl adjacent to an activating group) is 1. The highest BCUT2D eigenvalue weighted by molar-refractivity contribution is 7.47. The molecule has 0 aromatic heterocycles. The molecule has 0 aromatic rings. The quantitative estimate of drug-likeness (QED) is 0.0207. The minimum atomic E-state index is -4.44. The van der Waals surface area contributed by atoms with Crippen LogP contribution < -0.4 is 5.32 Å². The largest absolute Gasteiger partial charge is 0.472 e. The molecule has 4 unspecified atom stereocenters. The first-order valence-electron chi connectivity index (χ1n) is 29.0. The van der Waals surface area contributed by atoms with Gasteiger partial charge in [0.25, 0.3) is 0 Å². The van der Waals surface area contributed by atoms with Crippen molar-refractivity contribution in [3.8, 4) is 0 Å². The molecule has 0 aliphatic carbocycles. The SMILES string of the molecule is C/C=C/CC/C=C/CC/C=C/CCCC(O)C(O)C(COP(=O)(O)OCC[N+](C)(C)C)NC(=O)CCCCCCCCCCCCCCCCC/C=C\C/C=C\C/C=C\C/C=C\C/C=C\C/C=C\C/C=C\CC. The number of amides is 1. The highest BCUT2D eigenvalue weighted by Crippen LogP contribution is 2.43. The number of phosphoric ester groups is 1. The number of hydrogen-bond donors (Lipinski definition) is 4. The van der Waals surface area contributed by atoms with Gasteiger partial charge in [-0.15, -0.1) is 0 Å². The van der Waals surface area contributed by atoms with E-state index in [0.29, 0.717) is 30.3 Å². The van der Waals surface area contributed by atoms with Crippen LogP contribution in [0, 0.1) is 0 Å². The van der Waals surface area contributed by atoms with E-state index in [9.17, 15) is 24.5 Å². The van der Waals surface area contributed by atoms with E-state index in [1.165, 1.54) is 77.0 Å². The Bertz CT molecular complexity index is 1620. The van der Waals surface area contributed by atoms with Crippen molar-refractivity contribution in [1.29, 1.82) is 0 Å². The van der Waals surface area contributed by atoms with Crippen molar-refractivity contribution < 1.29 is 38.0 Å². The zero-order valence-corrected chi connectivity index (χ0v) is 48.1. The van der Waals surface area contributed by atoms with Crippen LogP contribution in [0.1, 0.15) is 213 Å². The summed E-state index contributed by atoms with van der Waals surface area (Å²) in [6.45, 7) is 4.23. The molecule has 0 spiro atoms. The number of nitrogens with zero attached hydrogens (tertiary/aromatic N) is 1. The summed E-state index contributed by atoms with van der Waals surface area (Å²) in [7, 11) is 1.39. The normalized spacial score (nSPS) is 15.2. The standard InChI is InChI=1S/C63H109N2O7P/c1-6-8-10-12-14-16-18-20-21-22-23-24-25-26-27-28-29-30-31-32-33-34-35-36-37-38-39-40-41-42-43-44-46-48-50-52-54-56-62(67)64-60(59-72-73(69,70)71-58-57-65(3,4)5)63(68)61(66)55-53-51-49-47-45-19-17-15-13-11-9-7-2/h7-10,14-17,20-21,23-24,26-27,29-30,32-33,47,49,60-61,63,66,68H,6,11-13,18-19,22,25,28,31,34-46,48,50-59H2,1-5H3,(H-,64,67,69,70)/p+1/b9-7+,10-8-,16-14-,17-15+,21-20-,24-23-,27-26-,30-29-,33-32-,49-47+. The second-order valence-electron chi connectivity index (χ2n) is 20.4. The molecule has 0 aliphatic rings. The fourth-order valence-electron chi connectivity index (χ4n) is 7.81. The maximum atomic E-state index is 13.0. The number of rotatable bonds is 51. The lowest BCUT2D eigenvalue weighted by atomic mass is 10.0. The van der Waals surface area contributed by atoms with Crippen LogP contribution in [0.3, 0.4) is 0 Å². The van der Waals surface area contributed by atoms with Gasteiger partial charge in [0.15, 0.2) is 0 Å². The zero-order chi connectivity index (χ0) is 53.6. The number of aliphatic hydroxyl groups is 2. The van der Waals surface area contributed by atoms with Gasteiger partial charge in [-0.3, -0.25) is 13.8 Å². The van der Waals surface area contributed by atoms with Gasteiger partial charge in [0.05, 0.1) is 39.9 Å². The summed E-state index contributed by atoms with van der Waals surface area (Å²) in [4.78, 5) is 23.3. The van der Waals surface area contributed by atoms with Gasteiger partial charge >= 0.3 is 7.82 Å². The first kappa shape index (κ1) is 69.9. The molecule has 0 fully saturated rings. The molecule has 418 valence electrons. The summed E-state index contributed by atoms with van der Waals surface area (Å²) < 4.78 is 23.6. The van der Waals surface area contributed by atoms with Crippen LogP contribution in [0.4, 0.5) is 0 Å². The molecule has 9 nitrogen and oxygen atoms in total. The molecule has 0 heterocycles. The first-order chi connectivity index (χ1) is 35.4. The molecule has 0 bridgehead atoms. The van der Waals surface area contributed by atoms with E-state index in [1.54, 1.807) is 0 Å². The molecule has 0 rings (SSSR count). The van der Waals surface area contributed by atoms with Gasteiger partial charge in [-0.25, -0.2) is 4.57 Å². The van der Waals surface area contributed by atoms with Crippen LogP contribution in [-0.2, 0) is 18.4 Å². The topological polar surface area (TPSA) is 125 Å². The third-order valence-electron chi connectivity index (χ3n) is 12.3. The molecule has 0 aliphatic heterocycles. The summed E-state index contributed by atoms with van der Waals surface area (Å²) in [6.07, 6.45) is 74.6. The molecular weight excluding hydrogens is 928 g/mol. The predicted molar refractivity (Wildman–Crippen MR) is 314 cm³/mol. The molecule has 4 atom stereocenters. The average Bonchev–Trinajstić information content (AvgIpc) is 3.35. The smallest absolute Gasteiger partial charge is 0.390 e. The number of phosphoric acid groups is 1. The van der Waals surface area contributed by atoms with Gasteiger partial charge in [-0.1, -0.05) is 212 Å². The summed E-state index contributed by atoms with van der Waals surface area (Å²) in [6, 6.07) is -1.07. The van der Waals surface area contributed by atoms with Crippen molar-refractivity contribution in [2.45, 2.75) is 231 Å². The Morgan fingerprint density at radius 2 is 0.877 bits per heavy atom.